The summed E-state index contributed by atoms with van der Waals surface area (Å²) < 4.78 is 4.97. The fourth-order valence-corrected chi connectivity index (χ4v) is 4.31. The second-order valence-electron chi connectivity index (χ2n) is 5.54. The summed E-state index contributed by atoms with van der Waals surface area (Å²) in [6.07, 6.45) is 5.95. The maximum Gasteiger partial charge on any atom is 0.341 e. The van der Waals surface area contributed by atoms with Crippen LogP contribution in [-0.4, -0.2) is 23.2 Å². The first-order chi connectivity index (χ1) is 11.7. The molecule has 2 aromatic heterocycles. The van der Waals surface area contributed by atoms with E-state index < -0.39 is 0 Å². The molecule has 5 nitrogen and oxygen atoms in total. The fourth-order valence-electron chi connectivity index (χ4n) is 2.79. The highest BCUT2D eigenvalue weighted by Gasteiger charge is 2.26. The number of hydrogen-bond acceptors (Lipinski definition) is 5. The Labute approximate surface area is 150 Å². The maximum atomic E-state index is 12.2. The third-order valence-electron chi connectivity index (χ3n) is 3.94. The molecule has 3 rings (SSSR count). The number of pyridine rings is 1. The molecule has 7 heteroatoms. The minimum Gasteiger partial charge on any atom is -0.465 e. The van der Waals surface area contributed by atoms with Crippen molar-refractivity contribution in [2.45, 2.75) is 32.2 Å². The Bertz CT molecular complexity index is 744. The zero-order valence-electron chi connectivity index (χ0n) is 13.4. The molecule has 0 aliphatic heterocycles. The van der Waals surface area contributed by atoms with Crippen LogP contribution in [0.3, 0.4) is 0 Å². The standard InChI is InChI=1S/C17H19N3O2S2/c1-22-16(21)14-12-7-2-3-8-13(12)24-15(14)20-17(23)19-10-11-6-4-5-9-18-11/h4-6,9H,2-3,7-8,10H2,1H3,(H2,19,20,23). The minimum absolute atomic E-state index is 0.301. The first-order valence-corrected chi connectivity index (χ1v) is 9.09. The molecule has 0 saturated carbocycles. The molecule has 24 heavy (non-hydrogen) atoms. The number of anilines is 1. The molecule has 0 unspecified atom stereocenters. The molecular formula is C17H19N3O2S2. The molecule has 0 bridgehead atoms. The van der Waals surface area contributed by atoms with E-state index in [1.165, 1.54) is 12.0 Å². The van der Waals surface area contributed by atoms with Crippen molar-refractivity contribution in [3.63, 3.8) is 0 Å². The number of methoxy groups -OCH3 is 1. The van der Waals surface area contributed by atoms with Gasteiger partial charge < -0.3 is 15.4 Å². The van der Waals surface area contributed by atoms with Crippen LogP contribution in [0.4, 0.5) is 5.00 Å². The smallest absolute Gasteiger partial charge is 0.341 e. The molecule has 1 aliphatic carbocycles. The highest BCUT2D eigenvalue weighted by Crippen LogP contribution is 2.38. The molecule has 0 radical (unpaired) electrons. The molecule has 0 atom stereocenters. The van der Waals surface area contributed by atoms with Crippen LogP contribution in [0.15, 0.2) is 24.4 Å². The molecule has 1 aliphatic rings. The van der Waals surface area contributed by atoms with E-state index in [2.05, 4.69) is 15.6 Å². The van der Waals surface area contributed by atoms with E-state index in [1.54, 1.807) is 17.5 Å². The molecule has 0 spiro atoms. The number of aromatic nitrogens is 1. The largest absolute Gasteiger partial charge is 0.465 e. The monoisotopic (exact) mass is 361 g/mol. The van der Waals surface area contributed by atoms with E-state index in [9.17, 15) is 4.79 Å². The number of rotatable bonds is 4. The number of nitrogens with one attached hydrogen (secondary N) is 2. The lowest BCUT2D eigenvalue weighted by atomic mass is 9.95. The Morgan fingerprint density at radius 2 is 2.21 bits per heavy atom. The summed E-state index contributed by atoms with van der Waals surface area (Å²) in [5.74, 6) is -0.301. The quantitative estimate of drug-likeness (QED) is 0.644. The Morgan fingerprint density at radius 3 is 2.96 bits per heavy atom. The summed E-state index contributed by atoms with van der Waals surface area (Å²) in [5, 5.41) is 7.53. The Morgan fingerprint density at radius 1 is 1.38 bits per heavy atom. The van der Waals surface area contributed by atoms with Gasteiger partial charge in [-0.15, -0.1) is 11.3 Å². The SMILES string of the molecule is COC(=O)c1c(NC(=S)NCc2ccccn2)sc2c1CCCC2. The molecule has 0 amide bonds. The van der Waals surface area contributed by atoms with E-state index in [-0.39, 0.29) is 5.97 Å². The van der Waals surface area contributed by atoms with Crippen molar-refractivity contribution < 1.29 is 9.53 Å². The lowest BCUT2D eigenvalue weighted by Gasteiger charge is -2.12. The normalized spacial score (nSPS) is 13.0. The average Bonchev–Trinajstić information content (AvgIpc) is 2.98. The van der Waals surface area contributed by atoms with Crippen molar-refractivity contribution in [3.05, 3.63) is 46.1 Å². The molecular weight excluding hydrogens is 342 g/mol. The lowest BCUT2D eigenvalue weighted by molar-refractivity contribution is 0.0601. The van der Waals surface area contributed by atoms with Gasteiger partial charge in [-0.2, -0.15) is 0 Å². The summed E-state index contributed by atoms with van der Waals surface area (Å²) in [7, 11) is 1.41. The van der Waals surface area contributed by atoms with Crippen LogP contribution in [0.5, 0.6) is 0 Å². The number of carbonyl (C=O) groups excluding carboxylic acids is 1. The Kier molecular flexibility index (Phi) is 5.42. The van der Waals surface area contributed by atoms with Crippen LogP contribution in [0, 0.1) is 0 Å². The van der Waals surface area contributed by atoms with E-state index in [0.29, 0.717) is 17.2 Å². The summed E-state index contributed by atoms with van der Waals surface area (Å²) >= 11 is 6.96. The van der Waals surface area contributed by atoms with Crippen molar-refractivity contribution >= 4 is 39.6 Å². The first kappa shape index (κ1) is 16.9. The van der Waals surface area contributed by atoms with Crippen molar-refractivity contribution in [1.29, 1.82) is 0 Å². The number of thiophene rings is 1. The zero-order valence-corrected chi connectivity index (χ0v) is 15.1. The second kappa shape index (κ2) is 7.72. The molecule has 2 aromatic rings. The predicted molar refractivity (Wildman–Crippen MR) is 99.6 cm³/mol. The third kappa shape index (κ3) is 3.73. The Balaban J connectivity index is 1.73. The number of fused-ring (bicyclic) bond motifs is 1. The molecule has 0 aromatic carbocycles. The average molecular weight is 361 g/mol. The number of ether oxygens (including phenoxy) is 1. The van der Waals surface area contributed by atoms with Gasteiger partial charge in [-0.05, 0) is 55.6 Å². The van der Waals surface area contributed by atoms with Crippen LogP contribution in [0.1, 0.15) is 39.3 Å². The molecule has 0 saturated heterocycles. The van der Waals surface area contributed by atoms with Gasteiger partial charge >= 0.3 is 5.97 Å². The summed E-state index contributed by atoms with van der Waals surface area (Å²) in [5.41, 5.74) is 2.66. The maximum absolute atomic E-state index is 12.2. The second-order valence-corrected chi connectivity index (χ2v) is 7.05. The van der Waals surface area contributed by atoms with Crippen molar-refractivity contribution in [2.24, 2.45) is 0 Å². The fraction of sp³-hybridized carbons (Fsp3) is 0.353. The van der Waals surface area contributed by atoms with Gasteiger partial charge in [-0.1, -0.05) is 6.07 Å². The third-order valence-corrected chi connectivity index (χ3v) is 5.40. The summed E-state index contributed by atoms with van der Waals surface area (Å²) in [6, 6.07) is 5.74. The number of nitrogens with zero attached hydrogens (tertiary/aromatic N) is 1. The molecule has 126 valence electrons. The predicted octanol–water partition coefficient (Wildman–Crippen LogP) is 3.30. The number of carbonyl (C=O) groups is 1. The van der Waals surface area contributed by atoms with Crippen LogP contribution >= 0.6 is 23.6 Å². The first-order valence-electron chi connectivity index (χ1n) is 7.86. The topological polar surface area (TPSA) is 63.2 Å². The number of esters is 1. The van der Waals surface area contributed by atoms with E-state index >= 15 is 0 Å². The van der Waals surface area contributed by atoms with Gasteiger partial charge in [0.15, 0.2) is 5.11 Å². The van der Waals surface area contributed by atoms with Crippen LogP contribution in [-0.2, 0) is 24.1 Å². The summed E-state index contributed by atoms with van der Waals surface area (Å²) in [6.45, 7) is 0.533. The number of aryl methyl sites for hydroxylation is 1. The van der Waals surface area contributed by atoms with Gasteiger partial charge in [-0.25, -0.2) is 4.79 Å². The van der Waals surface area contributed by atoms with Crippen LogP contribution < -0.4 is 10.6 Å². The van der Waals surface area contributed by atoms with Crippen molar-refractivity contribution in [3.8, 4) is 0 Å². The van der Waals surface area contributed by atoms with Gasteiger partial charge in [0, 0.05) is 11.1 Å². The van der Waals surface area contributed by atoms with Crippen molar-refractivity contribution in [2.75, 3.05) is 12.4 Å². The summed E-state index contributed by atoms with van der Waals surface area (Å²) in [4.78, 5) is 17.7. The van der Waals surface area contributed by atoms with Gasteiger partial charge in [0.05, 0.1) is 24.9 Å². The highest BCUT2D eigenvalue weighted by atomic mass is 32.1. The molecule has 0 fully saturated rings. The van der Waals surface area contributed by atoms with Gasteiger partial charge in [-0.3, -0.25) is 4.98 Å². The van der Waals surface area contributed by atoms with Crippen molar-refractivity contribution in [1.82, 2.24) is 10.3 Å². The zero-order chi connectivity index (χ0) is 16.9. The van der Waals surface area contributed by atoms with Gasteiger partial charge in [0.1, 0.15) is 5.00 Å². The van der Waals surface area contributed by atoms with Crippen LogP contribution in [0.25, 0.3) is 0 Å². The molecule has 2 N–H and O–H groups in total. The highest BCUT2D eigenvalue weighted by molar-refractivity contribution is 7.80. The van der Waals surface area contributed by atoms with Crippen LogP contribution in [0.2, 0.25) is 0 Å². The van der Waals surface area contributed by atoms with E-state index in [0.717, 1.165) is 41.9 Å². The lowest BCUT2D eigenvalue weighted by Crippen LogP contribution is -2.28. The van der Waals surface area contributed by atoms with E-state index in [1.807, 2.05) is 18.2 Å². The van der Waals surface area contributed by atoms with E-state index in [4.69, 9.17) is 17.0 Å². The molecule has 2 heterocycles. The Hall–Kier alpha value is -1.99. The number of hydrogen-bond donors (Lipinski definition) is 2. The minimum atomic E-state index is -0.301. The van der Waals surface area contributed by atoms with Gasteiger partial charge in [0.2, 0.25) is 0 Å². The van der Waals surface area contributed by atoms with Gasteiger partial charge in [0.25, 0.3) is 0 Å². The number of thiocarbonyl (C=S) groups is 1.